The molecule has 2 aromatic rings. The molecule has 0 radical (unpaired) electrons. The summed E-state index contributed by atoms with van der Waals surface area (Å²) in [5.41, 5.74) is -0.156. The van der Waals surface area contributed by atoms with Gasteiger partial charge in [0.15, 0.2) is 0 Å². The summed E-state index contributed by atoms with van der Waals surface area (Å²) in [5, 5.41) is 3.11. The van der Waals surface area contributed by atoms with Crippen molar-refractivity contribution in [2.75, 3.05) is 18.4 Å². The quantitative estimate of drug-likeness (QED) is 0.585. The van der Waals surface area contributed by atoms with Crippen LogP contribution in [0, 0.1) is 5.82 Å². The summed E-state index contributed by atoms with van der Waals surface area (Å²) in [4.78, 5) is 17.5. The molecule has 3 rings (SSSR count). The van der Waals surface area contributed by atoms with Crippen LogP contribution in [0.4, 0.5) is 23.4 Å². The fraction of sp³-hybridized carbons (Fsp3) is 0.300. The lowest BCUT2D eigenvalue weighted by molar-refractivity contribution is -0.137. The van der Waals surface area contributed by atoms with E-state index in [1.54, 1.807) is 4.90 Å². The standard InChI is InChI=1S/C20H19F4N3O2/c1-2-19(28)27-10-16(26-18-8-7-15(21)9-25-18)17(11-27)29-12-13-3-5-14(6-4-13)20(22,23)24/h2-9,16-17H,1,10-12H2,(H,25,26)/t16-,17-/m1/s1. The van der Waals surface area contributed by atoms with Gasteiger partial charge in [-0.2, -0.15) is 13.2 Å². The second-order valence-corrected chi connectivity index (χ2v) is 6.60. The van der Waals surface area contributed by atoms with E-state index in [2.05, 4.69) is 16.9 Å². The molecular weight excluding hydrogens is 390 g/mol. The largest absolute Gasteiger partial charge is 0.416 e. The molecule has 1 aliphatic heterocycles. The highest BCUT2D eigenvalue weighted by atomic mass is 19.4. The van der Waals surface area contributed by atoms with Crippen LogP contribution in [0.2, 0.25) is 0 Å². The Bertz CT molecular complexity index is 854. The van der Waals surface area contributed by atoms with Gasteiger partial charge in [-0.1, -0.05) is 18.7 Å². The van der Waals surface area contributed by atoms with Gasteiger partial charge >= 0.3 is 6.18 Å². The molecule has 1 aromatic carbocycles. The number of halogens is 4. The minimum atomic E-state index is -4.40. The molecule has 2 atom stereocenters. The van der Waals surface area contributed by atoms with Gasteiger partial charge in [0.2, 0.25) is 5.91 Å². The van der Waals surface area contributed by atoms with Crippen molar-refractivity contribution in [3.05, 3.63) is 72.2 Å². The van der Waals surface area contributed by atoms with Gasteiger partial charge in [0, 0.05) is 13.1 Å². The van der Waals surface area contributed by atoms with Gasteiger partial charge in [-0.3, -0.25) is 4.79 Å². The Kier molecular flexibility index (Phi) is 6.17. The summed E-state index contributed by atoms with van der Waals surface area (Å²) in [6.07, 6.45) is -2.56. The van der Waals surface area contributed by atoms with E-state index in [9.17, 15) is 22.4 Å². The Morgan fingerprint density at radius 1 is 1.24 bits per heavy atom. The maximum atomic E-state index is 13.1. The number of pyridine rings is 1. The first kappa shape index (κ1) is 20.8. The summed E-state index contributed by atoms with van der Waals surface area (Å²) in [6, 6.07) is 7.11. The first-order valence-electron chi connectivity index (χ1n) is 8.83. The fourth-order valence-corrected chi connectivity index (χ4v) is 3.03. The smallest absolute Gasteiger partial charge is 0.369 e. The number of ether oxygens (including phenoxy) is 1. The number of amides is 1. The topological polar surface area (TPSA) is 54.5 Å². The van der Waals surface area contributed by atoms with Crippen LogP contribution in [0.5, 0.6) is 0 Å². The average Bonchev–Trinajstić information content (AvgIpc) is 3.10. The van der Waals surface area contributed by atoms with Crippen molar-refractivity contribution in [1.29, 1.82) is 0 Å². The number of likely N-dealkylation sites (tertiary alicyclic amines) is 1. The van der Waals surface area contributed by atoms with Gasteiger partial charge in [-0.15, -0.1) is 0 Å². The van der Waals surface area contributed by atoms with E-state index >= 15 is 0 Å². The lowest BCUT2D eigenvalue weighted by Crippen LogP contribution is -2.34. The van der Waals surface area contributed by atoms with Crippen LogP contribution in [-0.2, 0) is 22.3 Å². The molecule has 9 heteroatoms. The number of nitrogens with one attached hydrogen (secondary N) is 1. The minimum Gasteiger partial charge on any atom is -0.369 e. The molecule has 0 spiro atoms. The van der Waals surface area contributed by atoms with Gasteiger partial charge in [-0.05, 0) is 35.9 Å². The van der Waals surface area contributed by atoms with E-state index in [4.69, 9.17) is 4.74 Å². The number of rotatable bonds is 6. The number of carbonyl (C=O) groups is 1. The van der Waals surface area contributed by atoms with E-state index < -0.39 is 23.7 Å². The molecule has 2 heterocycles. The second-order valence-electron chi connectivity index (χ2n) is 6.60. The maximum absolute atomic E-state index is 13.1. The van der Waals surface area contributed by atoms with Gasteiger partial charge in [0.05, 0.1) is 30.5 Å². The highest BCUT2D eigenvalue weighted by Gasteiger charge is 2.35. The minimum absolute atomic E-state index is 0.0773. The molecule has 154 valence electrons. The van der Waals surface area contributed by atoms with Gasteiger partial charge in [0.25, 0.3) is 0 Å². The summed E-state index contributed by atoms with van der Waals surface area (Å²) < 4.78 is 56.9. The Hall–Kier alpha value is -2.94. The summed E-state index contributed by atoms with van der Waals surface area (Å²) in [7, 11) is 0. The van der Waals surface area contributed by atoms with Gasteiger partial charge < -0.3 is 15.0 Å². The first-order chi connectivity index (χ1) is 13.8. The van der Waals surface area contributed by atoms with Crippen LogP contribution >= 0.6 is 0 Å². The predicted octanol–water partition coefficient (Wildman–Crippen LogP) is 3.63. The molecule has 1 N–H and O–H groups in total. The molecule has 1 fully saturated rings. The molecule has 1 saturated heterocycles. The van der Waals surface area contributed by atoms with Crippen LogP contribution in [0.3, 0.4) is 0 Å². The molecule has 5 nitrogen and oxygen atoms in total. The van der Waals surface area contributed by atoms with Crippen molar-refractivity contribution in [2.45, 2.75) is 24.9 Å². The molecule has 0 unspecified atom stereocenters. The lowest BCUT2D eigenvalue weighted by atomic mass is 10.1. The van der Waals surface area contributed by atoms with E-state index in [0.717, 1.165) is 18.3 Å². The van der Waals surface area contributed by atoms with Crippen molar-refractivity contribution in [1.82, 2.24) is 9.88 Å². The van der Waals surface area contributed by atoms with Crippen molar-refractivity contribution >= 4 is 11.7 Å². The van der Waals surface area contributed by atoms with E-state index in [0.29, 0.717) is 17.9 Å². The number of nitrogens with zero attached hydrogens (tertiary/aromatic N) is 2. The van der Waals surface area contributed by atoms with Gasteiger partial charge in [-0.25, -0.2) is 9.37 Å². The third-order valence-corrected chi connectivity index (χ3v) is 4.56. The third-order valence-electron chi connectivity index (χ3n) is 4.56. The fourth-order valence-electron chi connectivity index (χ4n) is 3.03. The summed E-state index contributed by atoms with van der Waals surface area (Å²) in [5.74, 6) is -0.308. The molecule has 0 aliphatic carbocycles. The molecular formula is C20H19F4N3O2. The van der Waals surface area contributed by atoms with Crippen LogP contribution in [0.1, 0.15) is 11.1 Å². The molecule has 1 amide bonds. The van der Waals surface area contributed by atoms with E-state index in [1.165, 1.54) is 30.3 Å². The zero-order chi connectivity index (χ0) is 21.0. The Morgan fingerprint density at radius 2 is 1.97 bits per heavy atom. The number of benzene rings is 1. The summed E-state index contributed by atoms with van der Waals surface area (Å²) in [6.45, 7) is 4.15. The molecule has 29 heavy (non-hydrogen) atoms. The average molecular weight is 409 g/mol. The number of anilines is 1. The second kappa shape index (κ2) is 8.60. The normalized spacial score (nSPS) is 19.2. The SMILES string of the molecule is C=CC(=O)N1C[C@@H](Nc2ccc(F)cn2)[C@H](OCc2ccc(C(F)(F)F)cc2)C1. The molecule has 1 aromatic heterocycles. The number of carbonyl (C=O) groups excluding carboxylic acids is 1. The predicted molar refractivity (Wildman–Crippen MR) is 98.4 cm³/mol. The van der Waals surface area contributed by atoms with E-state index in [1.807, 2.05) is 0 Å². The van der Waals surface area contributed by atoms with Crippen LogP contribution in [-0.4, -0.2) is 41.0 Å². The van der Waals surface area contributed by atoms with E-state index in [-0.39, 0.29) is 25.1 Å². The van der Waals surface area contributed by atoms with Crippen LogP contribution in [0.15, 0.2) is 55.3 Å². The number of hydrogen-bond donors (Lipinski definition) is 1. The zero-order valence-corrected chi connectivity index (χ0v) is 15.3. The number of hydrogen-bond acceptors (Lipinski definition) is 4. The Morgan fingerprint density at radius 3 is 2.55 bits per heavy atom. The van der Waals surface area contributed by atoms with Gasteiger partial charge in [0.1, 0.15) is 11.6 Å². The van der Waals surface area contributed by atoms with Crippen LogP contribution in [0.25, 0.3) is 0 Å². The van der Waals surface area contributed by atoms with Crippen LogP contribution < -0.4 is 5.32 Å². The highest BCUT2D eigenvalue weighted by Crippen LogP contribution is 2.29. The zero-order valence-electron chi connectivity index (χ0n) is 15.3. The maximum Gasteiger partial charge on any atom is 0.416 e. The van der Waals surface area contributed by atoms with Crippen molar-refractivity contribution in [3.8, 4) is 0 Å². The first-order valence-corrected chi connectivity index (χ1v) is 8.83. The lowest BCUT2D eigenvalue weighted by Gasteiger charge is -2.20. The number of aromatic nitrogens is 1. The monoisotopic (exact) mass is 409 g/mol. The molecule has 0 bridgehead atoms. The Labute approximate surface area is 165 Å². The third kappa shape index (κ3) is 5.32. The number of alkyl halides is 3. The molecule has 0 saturated carbocycles. The molecule has 1 aliphatic rings. The van der Waals surface area contributed by atoms with Crippen molar-refractivity contribution < 1.29 is 27.1 Å². The highest BCUT2D eigenvalue weighted by molar-refractivity contribution is 5.87. The van der Waals surface area contributed by atoms with Crippen molar-refractivity contribution in [3.63, 3.8) is 0 Å². The Balaban J connectivity index is 1.67. The van der Waals surface area contributed by atoms with Crippen molar-refractivity contribution in [2.24, 2.45) is 0 Å². The summed E-state index contributed by atoms with van der Waals surface area (Å²) >= 11 is 0.